The molecule has 49 heavy (non-hydrogen) atoms. The maximum Gasteiger partial charge on any atom is 0.326 e. The molecule has 2 aliphatic rings. The summed E-state index contributed by atoms with van der Waals surface area (Å²) in [6, 6.07) is 6.65. The first-order valence-electron chi connectivity index (χ1n) is 16.4. The van der Waals surface area contributed by atoms with Crippen LogP contribution in [0.5, 0.6) is 5.75 Å². The summed E-state index contributed by atoms with van der Waals surface area (Å²) in [6.45, 7) is 14.3. The van der Waals surface area contributed by atoms with E-state index in [1.165, 1.54) is 15.2 Å². The highest BCUT2D eigenvalue weighted by molar-refractivity contribution is 6.35. The van der Waals surface area contributed by atoms with Gasteiger partial charge in [-0.2, -0.15) is 0 Å². The van der Waals surface area contributed by atoms with Crippen molar-refractivity contribution in [2.75, 3.05) is 24.6 Å². The number of piperazine rings is 1. The number of halogens is 2. The van der Waals surface area contributed by atoms with Gasteiger partial charge >= 0.3 is 5.69 Å². The number of H-pyrrole nitrogens is 1. The fourth-order valence-electron chi connectivity index (χ4n) is 7.61. The van der Waals surface area contributed by atoms with E-state index >= 15 is 4.39 Å². The van der Waals surface area contributed by atoms with Gasteiger partial charge in [-0.3, -0.25) is 23.7 Å². The zero-order chi connectivity index (χ0) is 35.0. The highest BCUT2D eigenvalue weighted by Gasteiger charge is 2.40. The molecule has 1 N–H and O–H groups in total. The molecule has 0 aliphatic carbocycles. The SMILES string of the molecule is C=CC(=O)N1CC2CCOc3c(c4cc(Cl)c(-c5c(C)ccc6[nH]c(=O)n(C)c56)c(F)c4n(-c4c(C)ccnc4C(C)C)c3=O)N2CC1C. The van der Waals surface area contributed by atoms with Crippen molar-refractivity contribution in [1.82, 2.24) is 24.0 Å². The summed E-state index contributed by atoms with van der Waals surface area (Å²) in [5.74, 6) is -0.886. The number of ether oxygens (including phenoxy) is 1. The van der Waals surface area contributed by atoms with Gasteiger partial charge in [-0.1, -0.05) is 38.1 Å². The molecule has 7 rings (SSSR count). The van der Waals surface area contributed by atoms with E-state index in [4.69, 9.17) is 16.3 Å². The van der Waals surface area contributed by atoms with Crippen LogP contribution in [0.3, 0.4) is 0 Å². The van der Waals surface area contributed by atoms with Crippen LogP contribution in [0.15, 0.2) is 52.7 Å². The van der Waals surface area contributed by atoms with Gasteiger partial charge in [0.25, 0.3) is 5.56 Å². The van der Waals surface area contributed by atoms with Gasteiger partial charge in [0.05, 0.1) is 51.3 Å². The Kier molecular flexibility index (Phi) is 7.93. The lowest BCUT2D eigenvalue weighted by atomic mass is 9.95. The van der Waals surface area contributed by atoms with E-state index in [9.17, 15) is 14.4 Å². The number of hydrogen-bond donors (Lipinski definition) is 1. The number of aryl methyl sites for hydroxylation is 3. The van der Waals surface area contributed by atoms with Gasteiger partial charge in [0, 0.05) is 55.3 Å². The number of aromatic nitrogens is 4. The molecule has 2 atom stereocenters. The number of benzene rings is 2. The molecular weight excluding hydrogens is 647 g/mol. The quantitative estimate of drug-likeness (QED) is 0.228. The van der Waals surface area contributed by atoms with E-state index in [1.54, 1.807) is 36.3 Å². The zero-order valence-electron chi connectivity index (χ0n) is 28.4. The van der Waals surface area contributed by atoms with E-state index in [0.717, 1.165) is 5.56 Å². The Morgan fingerprint density at radius 3 is 2.59 bits per heavy atom. The molecule has 2 aromatic carbocycles. The third-order valence-electron chi connectivity index (χ3n) is 10.0. The van der Waals surface area contributed by atoms with Crippen molar-refractivity contribution in [1.29, 1.82) is 0 Å². The van der Waals surface area contributed by atoms with Crippen LogP contribution >= 0.6 is 11.6 Å². The Morgan fingerprint density at radius 1 is 1.12 bits per heavy atom. The van der Waals surface area contributed by atoms with Crippen molar-refractivity contribution in [2.45, 2.75) is 59.0 Å². The molecule has 3 aromatic heterocycles. The third kappa shape index (κ3) is 4.88. The Hall–Kier alpha value is -4.90. The van der Waals surface area contributed by atoms with Crippen molar-refractivity contribution in [3.63, 3.8) is 0 Å². The second kappa shape index (κ2) is 11.9. The van der Waals surface area contributed by atoms with Crippen LogP contribution in [0, 0.1) is 19.7 Å². The number of carbonyl (C=O) groups excluding carboxylic acids is 1. The summed E-state index contributed by atoms with van der Waals surface area (Å²) in [6.07, 6.45) is 3.53. The molecule has 5 aromatic rings. The molecule has 5 heterocycles. The van der Waals surface area contributed by atoms with Gasteiger partial charge in [0.15, 0.2) is 5.82 Å². The minimum atomic E-state index is -0.709. The second-order valence-corrected chi connectivity index (χ2v) is 13.8. The van der Waals surface area contributed by atoms with Crippen LogP contribution in [0.25, 0.3) is 38.8 Å². The van der Waals surface area contributed by atoms with Crippen molar-refractivity contribution in [3.8, 4) is 22.6 Å². The summed E-state index contributed by atoms with van der Waals surface area (Å²) in [5, 5.41) is 0.511. The predicted molar refractivity (Wildman–Crippen MR) is 191 cm³/mol. The molecule has 254 valence electrons. The number of amides is 1. The summed E-state index contributed by atoms with van der Waals surface area (Å²) < 4.78 is 27.1. The van der Waals surface area contributed by atoms with Crippen molar-refractivity contribution >= 4 is 45.1 Å². The molecule has 0 bridgehead atoms. The number of carbonyl (C=O) groups is 1. The largest absolute Gasteiger partial charge is 0.486 e. The first-order chi connectivity index (χ1) is 23.3. The number of pyridine rings is 2. The first-order valence-corrected chi connectivity index (χ1v) is 16.8. The molecule has 0 spiro atoms. The Balaban J connectivity index is 1.64. The van der Waals surface area contributed by atoms with Crippen LogP contribution in [0.1, 0.15) is 49.9 Å². The fourth-order valence-corrected chi connectivity index (χ4v) is 7.90. The fraction of sp³-hybridized carbons (Fsp3) is 0.351. The minimum Gasteiger partial charge on any atom is -0.486 e. The van der Waals surface area contributed by atoms with Crippen LogP contribution < -0.4 is 20.9 Å². The van der Waals surface area contributed by atoms with Crippen molar-refractivity contribution < 1.29 is 13.9 Å². The molecule has 1 fully saturated rings. The molecule has 1 saturated heterocycles. The third-order valence-corrected chi connectivity index (χ3v) is 10.3. The maximum absolute atomic E-state index is 18.0. The highest BCUT2D eigenvalue weighted by atomic mass is 35.5. The standard InChI is InChI=1S/C37H38ClFN6O4/c1-8-26(46)43-17-22-12-14-49-35-33(44(22)16-21(43)6)23-15-24(38)28(27-19(4)9-10-25-34(27)42(7)37(48)41-25)29(39)32(23)45(36(35)47)31-20(5)11-13-40-30(31)18(2)3/h8-11,13,15,18,21-22H,1,12,14,16-17H2,2-7H3,(H,41,48). The molecule has 1 amide bonds. The summed E-state index contributed by atoms with van der Waals surface area (Å²) in [5.41, 5.74) is 3.70. The van der Waals surface area contributed by atoms with E-state index in [2.05, 4.69) is 21.4 Å². The molecule has 2 aliphatic heterocycles. The average Bonchev–Trinajstić information content (AvgIpc) is 3.22. The lowest BCUT2D eigenvalue weighted by Gasteiger charge is -2.45. The molecular formula is C37H38ClFN6O4. The molecule has 12 heteroatoms. The van der Waals surface area contributed by atoms with E-state index in [-0.39, 0.29) is 58.1 Å². The maximum atomic E-state index is 18.0. The smallest absolute Gasteiger partial charge is 0.326 e. The Bertz CT molecular complexity index is 2340. The van der Waals surface area contributed by atoms with E-state index in [0.29, 0.717) is 64.1 Å². The number of aromatic amines is 1. The predicted octanol–water partition coefficient (Wildman–Crippen LogP) is 6.14. The Morgan fingerprint density at radius 2 is 1.88 bits per heavy atom. The van der Waals surface area contributed by atoms with Gasteiger partial charge in [-0.05, 0) is 62.1 Å². The van der Waals surface area contributed by atoms with Crippen molar-refractivity contribution in [3.05, 3.63) is 91.6 Å². The molecule has 2 unspecified atom stereocenters. The number of hydrogen-bond acceptors (Lipinski definition) is 6. The highest BCUT2D eigenvalue weighted by Crippen LogP contribution is 2.47. The summed E-state index contributed by atoms with van der Waals surface area (Å²) in [4.78, 5) is 51.8. The van der Waals surface area contributed by atoms with Gasteiger partial charge < -0.3 is 19.5 Å². The minimum absolute atomic E-state index is 0.0274. The van der Waals surface area contributed by atoms with E-state index < -0.39 is 11.4 Å². The van der Waals surface area contributed by atoms with Gasteiger partial charge in [0.2, 0.25) is 11.7 Å². The lowest BCUT2D eigenvalue weighted by Crippen LogP contribution is -2.59. The average molecular weight is 685 g/mol. The normalized spacial score (nSPS) is 17.7. The van der Waals surface area contributed by atoms with E-state index in [1.807, 2.05) is 40.7 Å². The number of nitrogens with one attached hydrogen (secondary N) is 1. The second-order valence-electron chi connectivity index (χ2n) is 13.4. The first kappa shape index (κ1) is 32.6. The van der Waals surface area contributed by atoms with Crippen LogP contribution in [-0.4, -0.2) is 61.7 Å². The number of rotatable bonds is 4. The van der Waals surface area contributed by atoms with Gasteiger partial charge in [-0.25, -0.2) is 9.18 Å². The molecule has 10 nitrogen and oxygen atoms in total. The van der Waals surface area contributed by atoms with Crippen LogP contribution in [0.4, 0.5) is 10.1 Å². The lowest BCUT2D eigenvalue weighted by molar-refractivity contribution is -0.128. The van der Waals surface area contributed by atoms with Crippen molar-refractivity contribution in [2.24, 2.45) is 7.05 Å². The number of imidazole rings is 1. The zero-order valence-corrected chi connectivity index (χ0v) is 29.1. The number of nitrogens with zero attached hydrogens (tertiary/aromatic N) is 5. The summed E-state index contributed by atoms with van der Waals surface area (Å²) in [7, 11) is 1.62. The summed E-state index contributed by atoms with van der Waals surface area (Å²) >= 11 is 7.14. The van der Waals surface area contributed by atoms with Crippen LogP contribution in [0.2, 0.25) is 5.02 Å². The topological polar surface area (TPSA) is 105 Å². The number of fused-ring (bicyclic) bond motifs is 6. The van der Waals surface area contributed by atoms with Gasteiger partial charge in [-0.15, -0.1) is 0 Å². The number of anilines is 1. The van der Waals surface area contributed by atoms with Crippen LogP contribution in [-0.2, 0) is 11.8 Å². The monoisotopic (exact) mass is 684 g/mol. The molecule has 0 radical (unpaired) electrons. The molecule has 0 saturated carbocycles. The Labute approximate surface area is 287 Å². The van der Waals surface area contributed by atoms with Gasteiger partial charge in [0.1, 0.15) is 0 Å².